The lowest BCUT2D eigenvalue weighted by Crippen LogP contribution is -2.22. The minimum Gasteiger partial charge on any atom is -0.368 e. The monoisotopic (exact) mass is 195 g/mol. The van der Waals surface area contributed by atoms with Crippen LogP contribution < -0.4 is 5.32 Å². The van der Waals surface area contributed by atoms with Crippen LogP contribution in [-0.4, -0.2) is 16.3 Å². The van der Waals surface area contributed by atoms with Gasteiger partial charge in [-0.15, -0.1) is 0 Å². The Morgan fingerprint density at radius 3 is 2.57 bits per heavy atom. The Kier molecular flexibility index (Phi) is 3.19. The number of nitrogens with zero attached hydrogens (tertiary/aromatic N) is 2. The third kappa shape index (κ3) is 2.76. The zero-order valence-corrected chi connectivity index (χ0v) is 9.89. The minimum absolute atomic E-state index is 0.339. The average molecular weight is 195 g/mol. The molecule has 1 aromatic heterocycles. The molecule has 3 nitrogen and oxygen atoms in total. The van der Waals surface area contributed by atoms with E-state index in [-0.39, 0.29) is 0 Å². The molecule has 1 rings (SSSR count). The maximum atomic E-state index is 4.35. The van der Waals surface area contributed by atoms with Gasteiger partial charge in [0.05, 0.1) is 0 Å². The van der Waals surface area contributed by atoms with E-state index in [0.717, 1.165) is 12.4 Å². The van der Waals surface area contributed by atoms with Gasteiger partial charge in [0.2, 0.25) is 0 Å². The first-order valence-corrected chi connectivity index (χ1v) is 5.19. The lowest BCUT2D eigenvalue weighted by molar-refractivity contribution is 0.376. The number of hydrogen-bond acceptors (Lipinski definition) is 2. The molecule has 0 bridgehead atoms. The van der Waals surface area contributed by atoms with E-state index in [1.54, 1.807) is 0 Å². The highest BCUT2D eigenvalue weighted by atomic mass is 15.3. The van der Waals surface area contributed by atoms with Crippen molar-refractivity contribution in [1.82, 2.24) is 9.78 Å². The van der Waals surface area contributed by atoms with Crippen LogP contribution in [-0.2, 0) is 7.05 Å². The summed E-state index contributed by atoms with van der Waals surface area (Å²) in [6.07, 6.45) is 1.17. The molecule has 14 heavy (non-hydrogen) atoms. The number of nitrogens with one attached hydrogen (secondary N) is 1. The number of hydrogen-bond donors (Lipinski definition) is 1. The number of rotatable bonds is 4. The summed E-state index contributed by atoms with van der Waals surface area (Å²) in [7, 11) is 1.96. The molecular formula is C11H21N3. The van der Waals surface area contributed by atoms with Gasteiger partial charge in [-0.25, -0.2) is 0 Å². The van der Waals surface area contributed by atoms with Gasteiger partial charge in [0.25, 0.3) is 0 Å². The van der Waals surface area contributed by atoms with Crippen molar-refractivity contribution in [3.8, 4) is 0 Å². The van der Waals surface area contributed by atoms with Gasteiger partial charge in [-0.3, -0.25) is 4.68 Å². The van der Waals surface area contributed by atoms with Gasteiger partial charge in [-0.1, -0.05) is 20.8 Å². The average Bonchev–Trinajstić information content (AvgIpc) is 2.44. The lowest BCUT2D eigenvalue weighted by atomic mass is 9.90. The Bertz CT molecular complexity index is 280. The molecule has 80 valence electrons. The second-order valence-corrected chi connectivity index (χ2v) is 4.67. The van der Waals surface area contributed by atoms with E-state index in [2.05, 4.69) is 44.2 Å². The van der Waals surface area contributed by atoms with Crippen molar-refractivity contribution in [1.29, 1.82) is 0 Å². The quantitative estimate of drug-likeness (QED) is 0.800. The summed E-state index contributed by atoms with van der Waals surface area (Å²) in [5, 5.41) is 7.72. The van der Waals surface area contributed by atoms with E-state index in [0.29, 0.717) is 5.41 Å². The summed E-state index contributed by atoms with van der Waals surface area (Å²) >= 11 is 0. The predicted molar refractivity (Wildman–Crippen MR) is 60.5 cm³/mol. The van der Waals surface area contributed by atoms with Crippen LogP contribution in [0.5, 0.6) is 0 Å². The first-order chi connectivity index (χ1) is 6.44. The molecule has 0 aliphatic rings. The van der Waals surface area contributed by atoms with E-state index < -0.39 is 0 Å². The van der Waals surface area contributed by atoms with E-state index in [9.17, 15) is 0 Å². The molecule has 0 radical (unpaired) electrons. The smallest absolute Gasteiger partial charge is 0.148 e. The molecule has 1 N–H and O–H groups in total. The molecule has 0 atom stereocenters. The second-order valence-electron chi connectivity index (χ2n) is 4.67. The van der Waals surface area contributed by atoms with Crippen molar-refractivity contribution in [2.24, 2.45) is 12.5 Å². The van der Waals surface area contributed by atoms with Crippen molar-refractivity contribution in [2.45, 2.75) is 34.1 Å². The minimum atomic E-state index is 0.339. The van der Waals surface area contributed by atoms with E-state index >= 15 is 0 Å². The summed E-state index contributed by atoms with van der Waals surface area (Å²) in [6.45, 7) is 9.76. The first kappa shape index (κ1) is 11.1. The molecule has 0 aliphatic carbocycles. The molecule has 3 heteroatoms. The van der Waals surface area contributed by atoms with Crippen molar-refractivity contribution < 1.29 is 0 Å². The lowest BCUT2D eigenvalue weighted by Gasteiger charge is -2.22. The normalized spacial score (nSPS) is 11.8. The van der Waals surface area contributed by atoms with E-state index in [4.69, 9.17) is 0 Å². The first-order valence-electron chi connectivity index (χ1n) is 5.19. The molecule has 0 aromatic carbocycles. The van der Waals surface area contributed by atoms with Gasteiger partial charge in [-0.05, 0) is 18.8 Å². The molecule has 0 saturated heterocycles. The molecule has 0 unspecified atom stereocenters. The van der Waals surface area contributed by atoms with E-state index in [1.165, 1.54) is 12.1 Å². The van der Waals surface area contributed by atoms with Gasteiger partial charge in [0.1, 0.15) is 5.82 Å². The van der Waals surface area contributed by atoms with Crippen molar-refractivity contribution in [3.63, 3.8) is 0 Å². The highest BCUT2D eigenvalue weighted by molar-refractivity contribution is 5.35. The second kappa shape index (κ2) is 4.03. The van der Waals surface area contributed by atoms with Gasteiger partial charge >= 0.3 is 0 Å². The standard InChI is InChI=1S/C11H21N3/c1-6-11(3,4)8-12-10-7-9(2)14(5)13-10/h7H,6,8H2,1-5H3,(H,12,13). The third-order valence-electron chi connectivity index (χ3n) is 2.82. The zero-order valence-electron chi connectivity index (χ0n) is 9.89. The molecule has 1 aromatic rings. The predicted octanol–water partition coefficient (Wildman–Crippen LogP) is 2.58. The Balaban J connectivity index is 2.54. The van der Waals surface area contributed by atoms with Crippen molar-refractivity contribution in [2.75, 3.05) is 11.9 Å². The molecule has 1 heterocycles. The van der Waals surface area contributed by atoms with Crippen molar-refractivity contribution in [3.05, 3.63) is 11.8 Å². The highest BCUT2D eigenvalue weighted by Gasteiger charge is 2.14. The van der Waals surface area contributed by atoms with Gasteiger partial charge in [-0.2, -0.15) is 5.10 Å². The summed E-state index contributed by atoms with van der Waals surface area (Å²) in [5.74, 6) is 0.978. The van der Waals surface area contributed by atoms with Crippen LogP contribution in [0.3, 0.4) is 0 Å². The fourth-order valence-electron chi connectivity index (χ4n) is 1.10. The summed E-state index contributed by atoms with van der Waals surface area (Å²) in [5.41, 5.74) is 1.52. The van der Waals surface area contributed by atoms with E-state index in [1.807, 2.05) is 11.7 Å². The Hall–Kier alpha value is -0.990. The molecule has 0 fully saturated rings. The van der Waals surface area contributed by atoms with Crippen molar-refractivity contribution >= 4 is 5.82 Å². The highest BCUT2D eigenvalue weighted by Crippen LogP contribution is 2.20. The summed E-state index contributed by atoms with van der Waals surface area (Å²) < 4.78 is 1.89. The SMILES string of the molecule is CCC(C)(C)CNc1cc(C)n(C)n1. The molecule has 0 saturated carbocycles. The Morgan fingerprint density at radius 1 is 1.50 bits per heavy atom. The van der Waals surface area contributed by atoms with Crippen LogP contribution in [0, 0.1) is 12.3 Å². The van der Waals surface area contributed by atoms with Gasteiger partial charge in [0.15, 0.2) is 0 Å². The zero-order chi connectivity index (χ0) is 10.8. The fraction of sp³-hybridized carbons (Fsp3) is 0.727. The van der Waals surface area contributed by atoms with Crippen LogP contribution >= 0.6 is 0 Å². The fourth-order valence-corrected chi connectivity index (χ4v) is 1.10. The number of aryl methyl sites for hydroxylation is 2. The van der Waals surface area contributed by atoms with Crippen LogP contribution in [0.2, 0.25) is 0 Å². The molecule has 0 amide bonds. The van der Waals surface area contributed by atoms with Gasteiger partial charge in [0, 0.05) is 25.4 Å². The number of anilines is 1. The third-order valence-corrected chi connectivity index (χ3v) is 2.82. The van der Waals surface area contributed by atoms with Gasteiger partial charge < -0.3 is 5.32 Å². The van der Waals surface area contributed by atoms with Crippen LogP contribution in [0.25, 0.3) is 0 Å². The Labute approximate surface area is 86.5 Å². The van der Waals surface area contributed by atoms with Crippen LogP contribution in [0.1, 0.15) is 32.9 Å². The summed E-state index contributed by atoms with van der Waals surface area (Å²) in [6, 6.07) is 2.08. The largest absolute Gasteiger partial charge is 0.368 e. The maximum absolute atomic E-state index is 4.35. The molecule has 0 aliphatic heterocycles. The summed E-state index contributed by atoms with van der Waals surface area (Å²) in [4.78, 5) is 0. The van der Waals surface area contributed by atoms with Crippen LogP contribution in [0.15, 0.2) is 6.07 Å². The molecule has 0 spiro atoms. The Morgan fingerprint density at radius 2 is 2.14 bits per heavy atom. The van der Waals surface area contributed by atoms with Crippen LogP contribution in [0.4, 0.5) is 5.82 Å². The number of aromatic nitrogens is 2. The topological polar surface area (TPSA) is 29.9 Å². The maximum Gasteiger partial charge on any atom is 0.148 e. The molecular weight excluding hydrogens is 174 g/mol.